The highest BCUT2D eigenvalue weighted by Crippen LogP contribution is 2.62. The normalized spacial score (nSPS) is 35.8. The van der Waals surface area contributed by atoms with Gasteiger partial charge in [0.05, 0.1) is 6.10 Å². The van der Waals surface area contributed by atoms with Crippen molar-refractivity contribution in [2.24, 2.45) is 22.2 Å². The Kier molecular flexibility index (Phi) is 7.16. The number of halogens is 1. The van der Waals surface area contributed by atoms with E-state index in [1.807, 2.05) is 14.1 Å². The first-order valence-electron chi connectivity index (χ1n) is 11.0. The van der Waals surface area contributed by atoms with E-state index in [0.717, 1.165) is 44.8 Å². The Morgan fingerprint density at radius 3 is 2.61 bits per heavy atom. The largest absolute Gasteiger partial charge is 0.377 e. The molecule has 0 bridgehead atoms. The van der Waals surface area contributed by atoms with E-state index in [1.165, 1.54) is 25.7 Å². The number of nitrogens with one attached hydrogen (secondary N) is 2. The number of fused-ring (bicyclic) bond motifs is 2. The van der Waals surface area contributed by atoms with Crippen LogP contribution in [-0.2, 0) is 9.53 Å². The van der Waals surface area contributed by atoms with E-state index in [0.29, 0.717) is 29.5 Å². The monoisotopic (exact) mass is 504 g/mol. The molecule has 1 amide bonds. The number of rotatable bonds is 4. The molecule has 1 aliphatic heterocycles. The van der Waals surface area contributed by atoms with Crippen molar-refractivity contribution in [1.82, 2.24) is 15.5 Å². The van der Waals surface area contributed by atoms with Crippen LogP contribution in [0.2, 0.25) is 0 Å². The van der Waals surface area contributed by atoms with Crippen LogP contribution in [0.5, 0.6) is 0 Å². The predicted molar refractivity (Wildman–Crippen MR) is 122 cm³/mol. The van der Waals surface area contributed by atoms with Crippen LogP contribution >= 0.6 is 24.0 Å². The van der Waals surface area contributed by atoms with Gasteiger partial charge in [-0.1, -0.05) is 12.8 Å². The topological polar surface area (TPSA) is 66.0 Å². The van der Waals surface area contributed by atoms with Crippen molar-refractivity contribution in [2.45, 2.75) is 76.5 Å². The van der Waals surface area contributed by atoms with Gasteiger partial charge in [0, 0.05) is 56.6 Å². The minimum atomic E-state index is 0. The van der Waals surface area contributed by atoms with E-state index in [-0.39, 0.29) is 35.8 Å². The molecule has 1 heterocycles. The molecule has 5 unspecified atom stereocenters. The maximum atomic E-state index is 12.4. The summed E-state index contributed by atoms with van der Waals surface area (Å²) in [5.41, 5.74) is 0.355. The Morgan fingerprint density at radius 2 is 1.96 bits per heavy atom. The molecule has 4 fully saturated rings. The maximum absolute atomic E-state index is 12.4. The molecule has 1 spiro atoms. The van der Waals surface area contributed by atoms with Crippen LogP contribution < -0.4 is 10.6 Å². The van der Waals surface area contributed by atoms with Crippen LogP contribution in [-0.4, -0.2) is 62.2 Å². The molecule has 5 atom stereocenters. The van der Waals surface area contributed by atoms with Gasteiger partial charge in [0.25, 0.3) is 0 Å². The number of aliphatic imine (C=N–C) groups is 1. The molecule has 0 aromatic rings. The summed E-state index contributed by atoms with van der Waals surface area (Å²) in [7, 11) is 3.72. The lowest BCUT2D eigenvalue weighted by molar-refractivity contribution is -0.171. The van der Waals surface area contributed by atoms with Gasteiger partial charge < -0.3 is 20.3 Å². The zero-order valence-corrected chi connectivity index (χ0v) is 19.9. The first kappa shape index (κ1) is 22.1. The minimum absolute atomic E-state index is 0. The maximum Gasteiger partial charge on any atom is 0.225 e. The molecule has 4 rings (SSSR count). The average molecular weight is 504 g/mol. The number of carbonyl (C=O) groups is 1. The smallest absolute Gasteiger partial charge is 0.225 e. The van der Waals surface area contributed by atoms with Crippen LogP contribution in [0.1, 0.15) is 58.3 Å². The molecule has 4 aliphatic rings. The number of guanidine groups is 1. The predicted octanol–water partition coefficient (Wildman–Crippen LogP) is 2.76. The average Bonchev–Trinajstić information content (AvgIpc) is 3.03. The zero-order valence-electron chi connectivity index (χ0n) is 17.6. The van der Waals surface area contributed by atoms with Gasteiger partial charge >= 0.3 is 0 Å². The van der Waals surface area contributed by atoms with E-state index in [1.54, 1.807) is 4.90 Å². The molecule has 3 aliphatic carbocycles. The standard InChI is InChI=1S/C21H36N4O2.HI/c1-4-22-20(23-15-8-5-7-14(13-15)19(26)25(2)3)24-17-16-9-12-27-18(16)21(17)10-6-11-21;/h14-18H,4-13H2,1-3H3,(H2,22,23,24);1H. The number of hydrogen-bond acceptors (Lipinski definition) is 3. The highest BCUT2D eigenvalue weighted by atomic mass is 127. The lowest BCUT2D eigenvalue weighted by Crippen LogP contribution is -2.72. The lowest BCUT2D eigenvalue weighted by atomic mass is 9.46. The fourth-order valence-corrected chi connectivity index (χ4v) is 6.00. The second kappa shape index (κ2) is 9.06. The molecule has 160 valence electrons. The highest BCUT2D eigenvalue weighted by Gasteiger charge is 2.66. The molecule has 6 nitrogen and oxygen atoms in total. The number of hydrogen-bond donors (Lipinski definition) is 2. The zero-order chi connectivity index (χ0) is 19.0. The molecule has 7 heteroatoms. The van der Waals surface area contributed by atoms with Crippen LogP contribution in [0.15, 0.2) is 4.99 Å². The van der Waals surface area contributed by atoms with Gasteiger partial charge in [-0.05, 0) is 45.4 Å². The van der Waals surface area contributed by atoms with Gasteiger partial charge in [0.2, 0.25) is 5.91 Å². The van der Waals surface area contributed by atoms with Gasteiger partial charge in [-0.25, -0.2) is 0 Å². The molecule has 2 N–H and O–H groups in total. The number of carbonyl (C=O) groups excluding carboxylic acids is 1. The summed E-state index contributed by atoms with van der Waals surface area (Å²) in [6.45, 7) is 3.77. The Morgan fingerprint density at radius 1 is 1.18 bits per heavy atom. The van der Waals surface area contributed by atoms with Gasteiger partial charge in [0.15, 0.2) is 5.96 Å². The molecule has 3 saturated carbocycles. The molecule has 0 aromatic carbocycles. The fourth-order valence-electron chi connectivity index (χ4n) is 6.00. The van der Waals surface area contributed by atoms with Gasteiger partial charge in [-0.15, -0.1) is 24.0 Å². The van der Waals surface area contributed by atoms with Crippen molar-refractivity contribution in [3.63, 3.8) is 0 Å². The summed E-state index contributed by atoms with van der Waals surface area (Å²) in [4.78, 5) is 18.9. The van der Waals surface area contributed by atoms with Crippen LogP contribution in [0.4, 0.5) is 0 Å². The van der Waals surface area contributed by atoms with Crippen molar-refractivity contribution in [1.29, 1.82) is 0 Å². The third-order valence-corrected chi connectivity index (χ3v) is 7.45. The molecule has 28 heavy (non-hydrogen) atoms. The summed E-state index contributed by atoms with van der Waals surface area (Å²) >= 11 is 0. The molecule has 0 aromatic heterocycles. The van der Waals surface area contributed by atoms with Crippen molar-refractivity contribution in [3.05, 3.63) is 0 Å². The van der Waals surface area contributed by atoms with E-state index in [9.17, 15) is 4.79 Å². The lowest BCUT2D eigenvalue weighted by Gasteiger charge is -2.63. The van der Waals surface area contributed by atoms with Crippen molar-refractivity contribution >= 4 is 35.8 Å². The Bertz CT molecular complexity index is 593. The van der Waals surface area contributed by atoms with Gasteiger partial charge in [-0.3, -0.25) is 9.79 Å². The first-order valence-corrected chi connectivity index (χ1v) is 11.0. The Balaban J connectivity index is 0.00000225. The summed E-state index contributed by atoms with van der Waals surface area (Å²) in [6.07, 6.45) is 9.69. The number of amides is 1. The Labute approximate surface area is 186 Å². The van der Waals surface area contributed by atoms with Gasteiger partial charge in [0.1, 0.15) is 0 Å². The van der Waals surface area contributed by atoms with Gasteiger partial charge in [-0.2, -0.15) is 0 Å². The number of nitrogens with zero attached hydrogens (tertiary/aromatic N) is 2. The van der Waals surface area contributed by atoms with Crippen molar-refractivity contribution < 1.29 is 9.53 Å². The third kappa shape index (κ3) is 3.89. The van der Waals surface area contributed by atoms with E-state index < -0.39 is 0 Å². The second-order valence-corrected chi connectivity index (χ2v) is 9.21. The fraction of sp³-hybridized carbons (Fsp3) is 0.905. The quantitative estimate of drug-likeness (QED) is 0.351. The first-order chi connectivity index (χ1) is 13.0. The summed E-state index contributed by atoms with van der Waals surface area (Å²) < 4.78 is 6.05. The molecular weight excluding hydrogens is 467 g/mol. The van der Waals surface area contributed by atoms with Crippen LogP contribution in [0.25, 0.3) is 0 Å². The molecule has 0 radical (unpaired) electrons. The van der Waals surface area contributed by atoms with E-state index in [2.05, 4.69) is 17.6 Å². The summed E-state index contributed by atoms with van der Waals surface area (Å²) in [5, 5.41) is 7.47. The number of ether oxygens (including phenoxy) is 1. The summed E-state index contributed by atoms with van der Waals surface area (Å²) in [6, 6.07) is 0.831. The molecule has 1 saturated heterocycles. The molecular formula is C21H37IN4O2. The van der Waals surface area contributed by atoms with Crippen molar-refractivity contribution in [3.8, 4) is 0 Å². The van der Waals surface area contributed by atoms with Crippen molar-refractivity contribution in [2.75, 3.05) is 27.2 Å². The van der Waals surface area contributed by atoms with E-state index in [4.69, 9.17) is 9.73 Å². The van der Waals surface area contributed by atoms with Crippen LogP contribution in [0.3, 0.4) is 0 Å². The highest BCUT2D eigenvalue weighted by molar-refractivity contribution is 14.0. The second-order valence-electron chi connectivity index (χ2n) is 9.21. The van der Waals surface area contributed by atoms with E-state index >= 15 is 0 Å². The van der Waals surface area contributed by atoms with Crippen LogP contribution in [0, 0.1) is 17.3 Å². The summed E-state index contributed by atoms with van der Waals surface area (Å²) in [5.74, 6) is 2.00. The SMILES string of the molecule is CCN=C(NC1CCCC(C(=O)N(C)C)C1)NC1C2CCOC2C12CCC2.I. The minimum Gasteiger partial charge on any atom is -0.377 e. The third-order valence-electron chi connectivity index (χ3n) is 7.45. The Hall–Kier alpha value is -0.570.